The van der Waals surface area contributed by atoms with Gasteiger partial charge < -0.3 is 19.9 Å². The maximum atomic E-state index is 13.6. The van der Waals surface area contributed by atoms with Crippen LogP contribution in [0.5, 0.6) is 0 Å². The zero-order valence-corrected chi connectivity index (χ0v) is 21.0. The van der Waals surface area contributed by atoms with Crippen molar-refractivity contribution in [2.45, 2.75) is 45.5 Å². The van der Waals surface area contributed by atoms with Crippen LogP contribution in [-0.4, -0.2) is 47.5 Å². The molecule has 1 N–H and O–H groups in total. The predicted molar refractivity (Wildman–Crippen MR) is 139 cm³/mol. The molecule has 1 saturated heterocycles. The first-order chi connectivity index (χ1) is 17.1. The van der Waals surface area contributed by atoms with Crippen molar-refractivity contribution in [2.24, 2.45) is 0 Å². The van der Waals surface area contributed by atoms with Crippen LogP contribution >= 0.6 is 11.3 Å². The molecule has 0 saturated carbocycles. The molecule has 4 rings (SSSR count). The highest BCUT2D eigenvalue weighted by Gasteiger charge is 2.26. The van der Waals surface area contributed by atoms with Gasteiger partial charge in [-0.05, 0) is 47.9 Å². The zero-order chi connectivity index (χ0) is 24.5. The van der Waals surface area contributed by atoms with Crippen molar-refractivity contribution in [3.63, 3.8) is 0 Å². The number of aryl methyl sites for hydroxylation is 1. The number of ether oxygens (including phenoxy) is 1. The van der Waals surface area contributed by atoms with E-state index in [-0.39, 0.29) is 24.6 Å². The molecule has 0 radical (unpaired) electrons. The predicted octanol–water partition coefficient (Wildman–Crippen LogP) is 4.98. The van der Waals surface area contributed by atoms with Gasteiger partial charge in [0.25, 0.3) is 0 Å². The lowest BCUT2D eigenvalue weighted by molar-refractivity contribution is -0.133. The molecule has 0 bridgehead atoms. The number of benzene rings is 2. The van der Waals surface area contributed by atoms with E-state index in [9.17, 15) is 9.59 Å². The van der Waals surface area contributed by atoms with E-state index in [0.29, 0.717) is 32.8 Å². The SMILES string of the molecule is Cc1ccsc1CN(Cc1ccccc1)C(=O)CN(CC1CCCO1)C(=O)NCc1ccccc1. The monoisotopic (exact) mass is 491 g/mol. The second-order valence-corrected chi connectivity index (χ2v) is 9.92. The van der Waals surface area contributed by atoms with Crippen molar-refractivity contribution in [1.29, 1.82) is 0 Å². The molecule has 0 spiro atoms. The molecule has 3 aromatic rings. The third-order valence-electron chi connectivity index (χ3n) is 6.22. The number of rotatable bonds is 10. The Balaban J connectivity index is 1.47. The molecule has 35 heavy (non-hydrogen) atoms. The molecular weight excluding hydrogens is 458 g/mol. The van der Waals surface area contributed by atoms with Crippen LogP contribution in [0.2, 0.25) is 0 Å². The van der Waals surface area contributed by atoms with Crippen molar-refractivity contribution < 1.29 is 14.3 Å². The number of carbonyl (C=O) groups excluding carboxylic acids is 2. The molecule has 3 amide bonds. The minimum atomic E-state index is -0.246. The van der Waals surface area contributed by atoms with Gasteiger partial charge in [0.05, 0.1) is 12.6 Å². The average Bonchev–Trinajstić information content (AvgIpc) is 3.54. The largest absolute Gasteiger partial charge is 0.376 e. The summed E-state index contributed by atoms with van der Waals surface area (Å²) in [6.45, 7) is 4.63. The maximum Gasteiger partial charge on any atom is 0.318 e. The van der Waals surface area contributed by atoms with Crippen LogP contribution in [0.3, 0.4) is 0 Å². The minimum absolute atomic E-state index is 0.0116. The first-order valence-corrected chi connectivity index (χ1v) is 13.0. The second kappa shape index (κ2) is 12.5. The Morgan fingerprint density at radius 2 is 1.69 bits per heavy atom. The highest BCUT2D eigenvalue weighted by molar-refractivity contribution is 7.10. The molecule has 2 aromatic carbocycles. The van der Waals surface area contributed by atoms with Gasteiger partial charge in [0.15, 0.2) is 0 Å². The third kappa shape index (κ3) is 7.41. The smallest absolute Gasteiger partial charge is 0.318 e. The highest BCUT2D eigenvalue weighted by Crippen LogP contribution is 2.20. The van der Waals surface area contributed by atoms with E-state index in [0.717, 1.165) is 28.8 Å². The summed E-state index contributed by atoms with van der Waals surface area (Å²) < 4.78 is 5.79. The molecule has 1 fully saturated rings. The zero-order valence-electron chi connectivity index (χ0n) is 20.2. The van der Waals surface area contributed by atoms with Crippen LogP contribution in [-0.2, 0) is 29.2 Å². The molecule has 6 nitrogen and oxygen atoms in total. The number of thiophene rings is 1. The van der Waals surface area contributed by atoms with Crippen molar-refractivity contribution in [3.05, 3.63) is 93.7 Å². The van der Waals surface area contributed by atoms with E-state index < -0.39 is 0 Å². The van der Waals surface area contributed by atoms with Crippen molar-refractivity contribution in [1.82, 2.24) is 15.1 Å². The van der Waals surface area contributed by atoms with Gasteiger partial charge in [-0.2, -0.15) is 0 Å². The van der Waals surface area contributed by atoms with Gasteiger partial charge in [0.2, 0.25) is 5.91 Å². The van der Waals surface area contributed by atoms with Crippen molar-refractivity contribution >= 4 is 23.3 Å². The van der Waals surface area contributed by atoms with E-state index >= 15 is 0 Å². The van der Waals surface area contributed by atoms with Crippen LogP contribution in [0, 0.1) is 6.92 Å². The highest BCUT2D eigenvalue weighted by atomic mass is 32.1. The number of carbonyl (C=O) groups is 2. The Morgan fingerprint density at radius 1 is 0.971 bits per heavy atom. The summed E-state index contributed by atoms with van der Waals surface area (Å²) in [6, 6.07) is 21.6. The van der Waals surface area contributed by atoms with Gasteiger partial charge in [-0.15, -0.1) is 11.3 Å². The van der Waals surface area contributed by atoms with Gasteiger partial charge >= 0.3 is 6.03 Å². The van der Waals surface area contributed by atoms with Crippen LogP contribution in [0.4, 0.5) is 4.79 Å². The molecule has 1 aliphatic heterocycles. The normalized spacial score (nSPS) is 15.1. The summed E-state index contributed by atoms with van der Waals surface area (Å²) in [7, 11) is 0. The Hall–Kier alpha value is -3.16. The van der Waals surface area contributed by atoms with Gasteiger partial charge in [-0.3, -0.25) is 4.79 Å². The summed E-state index contributed by atoms with van der Waals surface area (Å²) in [5.74, 6) is -0.0745. The molecule has 1 aliphatic rings. The lowest BCUT2D eigenvalue weighted by Crippen LogP contribution is -2.48. The Kier molecular flexibility index (Phi) is 8.92. The fourth-order valence-electron chi connectivity index (χ4n) is 4.18. The summed E-state index contributed by atoms with van der Waals surface area (Å²) in [5, 5.41) is 5.04. The summed E-state index contributed by atoms with van der Waals surface area (Å²) in [4.78, 5) is 31.4. The van der Waals surface area contributed by atoms with E-state index in [1.807, 2.05) is 65.6 Å². The van der Waals surface area contributed by atoms with E-state index in [1.54, 1.807) is 16.2 Å². The Labute approximate surface area is 211 Å². The number of amides is 3. The van der Waals surface area contributed by atoms with Crippen LogP contribution in [0.25, 0.3) is 0 Å². The molecule has 1 atom stereocenters. The number of hydrogen-bond acceptors (Lipinski definition) is 4. The van der Waals surface area contributed by atoms with Gasteiger partial charge in [0.1, 0.15) is 6.54 Å². The molecule has 1 aromatic heterocycles. The molecular formula is C28H33N3O3S. The molecule has 1 unspecified atom stereocenters. The molecule has 0 aliphatic carbocycles. The summed E-state index contributed by atoms with van der Waals surface area (Å²) in [6.07, 6.45) is 1.85. The standard InChI is InChI=1S/C28H33N3O3S/c1-22-14-16-35-26(22)20-30(18-24-11-6-3-7-12-24)27(32)21-31(19-25-13-8-15-34-25)28(33)29-17-23-9-4-2-5-10-23/h2-7,9-12,14,16,25H,8,13,15,17-21H2,1H3,(H,29,33). The summed E-state index contributed by atoms with van der Waals surface area (Å²) >= 11 is 1.66. The van der Waals surface area contributed by atoms with Gasteiger partial charge in [0, 0.05) is 31.1 Å². The quantitative estimate of drug-likeness (QED) is 0.435. The lowest BCUT2D eigenvalue weighted by Gasteiger charge is -2.29. The van der Waals surface area contributed by atoms with E-state index in [1.165, 1.54) is 5.56 Å². The van der Waals surface area contributed by atoms with E-state index in [2.05, 4.69) is 23.7 Å². The second-order valence-electron chi connectivity index (χ2n) is 8.92. The molecule has 7 heteroatoms. The molecule has 184 valence electrons. The average molecular weight is 492 g/mol. The topological polar surface area (TPSA) is 61.9 Å². The van der Waals surface area contributed by atoms with Crippen molar-refractivity contribution in [3.8, 4) is 0 Å². The van der Waals surface area contributed by atoms with Crippen LogP contribution < -0.4 is 5.32 Å². The number of hydrogen-bond donors (Lipinski definition) is 1. The van der Waals surface area contributed by atoms with Gasteiger partial charge in [-0.25, -0.2) is 4.79 Å². The first-order valence-electron chi connectivity index (χ1n) is 12.1. The lowest BCUT2D eigenvalue weighted by atomic mass is 10.2. The van der Waals surface area contributed by atoms with Crippen LogP contribution in [0.15, 0.2) is 72.1 Å². The summed E-state index contributed by atoms with van der Waals surface area (Å²) in [5.41, 5.74) is 3.26. The number of urea groups is 1. The fourth-order valence-corrected chi connectivity index (χ4v) is 5.10. The first kappa shape index (κ1) is 24.9. The Bertz CT molecular complexity index is 1080. The number of nitrogens with one attached hydrogen (secondary N) is 1. The minimum Gasteiger partial charge on any atom is -0.376 e. The molecule has 2 heterocycles. The third-order valence-corrected chi connectivity index (χ3v) is 7.23. The van der Waals surface area contributed by atoms with Gasteiger partial charge in [-0.1, -0.05) is 60.7 Å². The van der Waals surface area contributed by atoms with Crippen molar-refractivity contribution in [2.75, 3.05) is 19.7 Å². The number of nitrogens with zero attached hydrogens (tertiary/aromatic N) is 2. The fraction of sp³-hybridized carbons (Fsp3) is 0.357. The Morgan fingerprint density at radius 3 is 2.31 bits per heavy atom. The maximum absolute atomic E-state index is 13.6. The van der Waals surface area contributed by atoms with Crippen LogP contribution in [0.1, 0.15) is 34.4 Å². The van der Waals surface area contributed by atoms with E-state index in [4.69, 9.17) is 4.74 Å².